The van der Waals surface area contributed by atoms with Crippen molar-refractivity contribution in [3.63, 3.8) is 0 Å². The summed E-state index contributed by atoms with van der Waals surface area (Å²) in [5.41, 5.74) is 1.08. The molecular weight excluding hydrogens is 342 g/mol. The predicted molar refractivity (Wildman–Crippen MR) is 106 cm³/mol. The molecule has 1 aromatic rings. The second kappa shape index (κ2) is 11.6. The van der Waals surface area contributed by atoms with Gasteiger partial charge in [-0.3, -0.25) is 9.59 Å². The normalized spacial score (nSPS) is 19.4. The molecule has 5 nitrogen and oxygen atoms in total. The largest absolute Gasteiger partial charge is 0.493 e. The van der Waals surface area contributed by atoms with Crippen molar-refractivity contribution < 1.29 is 19.4 Å². The Morgan fingerprint density at radius 3 is 2.59 bits per heavy atom. The lowest BCUT2D eigenvalue weighted by Crippen LogP contribution is -2.40. The van der Waals surface area contributed by atoms with Gasteiger partial charge in [0.1, 0.15) is 5.75 Å². The molecule has 1 aromatic carbocycles. The molecule has 2 N–H and O–H groups in total. The quantitative estimate of drug-likeness (QED) is 0.569. The first-order chi connectivity index (χ1) is 13.1. The number of para-hydroxylation sites is 1. The summed E-state index contributed by atoms with van der Waals surface area (Å²) in [5, 5.41) is 12.3. The Bertz CT molecular complexity index is 602. The Hall–Kier alpha value is -2.04. The molecule has 5 heteroatoms. The number of carbonyl (C=O) groups excluding carboxylic acids is 1. The van der Waals surface area contributed by atoms with E-state index in [1.807, 2.05) is 24.3 Å². The van der Waals surface area contributed by atoms with Crippen molar-refractivity contribution in [2.45, 2.75) is 64.7 Å². The number of benzene rings is 1. The molecule has 0 radical (unpaired) electrons. The van der Waals surface area contributed by atoms with Crippen molar-refractivity contribution in [2.24, 2.45) is 11.8 Å². The number of amides is 1. The van der Waals surface area contributed by atoms with E-state index in [0.717, 1.165) is 30.6 Å². The number of aliphatic carboxylic acids is 1. The maximum Gasteiger partial charge on any atom is 0.307 e. The van der Waals surface area contributed by atoms with Crippen LogP contribution in [-0.4, -0.2) is 30.1 Å². The minimum atomic E-state index is -0.850. The number of hydrogen-bond acceptors (Lipinski definition) is 3. The molecule has 2 atom stereocenters. The number of unbranched alkanes of at least 4 members (excludes halogenated alkanes) is 3. The van der Waals surface area contributed by atoms with Gasteiger partial charge in [0.15, 0.2) is 0 Å². The van der Waals surface area contributed by atoms with E-state index < -0.39 is 17.8 Å². The molecule has 0 spiro atoms. The van der Waals surface area contributed by atoms with Gasteiger partial charge in [-0.25, -0.2) is 0 Å². The Labute approximate surface area is 162 Å². The van der Waals surface area contributed by atoms with Gasteiger partial charge < -0.3 is 15.2 Å². The second-order valence-electron chi connectivity index (χ2n) is 7.39. The van der Waals surface area contributed by atoms with Gasteiger partial charge >= 0.3 is 5.97 Å². The van der Waals surface area contributed by atoms with Crippen LogP contribution in [0.25, 0.3) is 0 Å². The minimum absolute atomic E-state index is 0.125. The van der Waals surface area contributed by atoms with Crippen LogP contribution in [0.2, 0.25) is 0 Å². The van der Waals surface area contributed by atoms with Gasteiger partial charge in [0, 0.05) is 6.54 Å². The highest BCUT2D eigenvalue weighted by molar-refractivity contribution is 5.84. The number of carbonyl (C=O) groups is 2. The smallest absolute Gasteiger partial charge is 0.307 e. The maximum atomic E-state index is 12.5. The summed E-state index contributed by atoms with van der Waals surface area (Å²) in [5.74, 6) is -1.04. The van der Waals surface area contributed by atoms with Crippen LogP contribution in [0.5, 0.6) is 5.75 Å². The van der Waals surface area contributed by atoms with Gasteiger partial charge in [-0.05, 0) is 37.3 Å². The fourth-order valence-corrected chi connectivity index (χ4v) is 3.75. The van der Waals surface area contributed by atoms with Crippen molar-refractivity contribution in [1.29, 1.82) is 0 Å². The van der Waals surface area contributed by atoms with Crippen LogP contribution in [0, 0.1) is 11.8 Å². The van der Waals surface area contributed by atoms with Crippen LogP contribution in [0.1, 0.15) is 63.9 Å². The molecule has 150 valence electrons. The van der Waals surface area contributed by atoms with Crippen LogP contribution in [-0.2, 0) is 16.0 Å². The number of nitrogens with one attached hydrogen (secondary N) is 1. The van der Waals surface area contributed by atoms with Crippen molar-refractivity contribution >= 4 is 11.9 Å². The van der Waals surface area contributed by atoms with Crippen molar-refractivity contribution in [3.05, 3.63) is 29.8 Å². The summed E-state index contributed by atoms with van der Waals surface area (Å²) in [6, 6.07) is 7.93. The topological polar surface area (TPSA) is 75.6 Å². The summed E-state index contributed by atoms with van der Waals surface area (Å²) < 4.78 is 5.92. The summed E-state index contributed by atoms with van der Waals surface area (Å²) in [6.07, 6.45) is 8.44. The monoisotopic (exact) mass is 375 g/mol. The van der Waals surface area contributed by atoms with E-state index in [2.05, 4.69) is 12.2 Å². The molecule has 1 fully saturated rings. The van der Waals surface area contributed by atoms with Gasteiger partial charge in [-0.2, -0.15) is 0 Å². The highest BCUT2D eigenvalue weighted by Gasteiger charge is 2.35. The van der Waals surface area contributed by atoms with Gasteiger partial charge in [0.05, 0.1) is 18.4 Å². The first-order valence-electron chi connectivity index (χ1n) is 10.3. The predicted octanol–water partition coefficient (Wildman–Crippen LogP) is 4.20. The summed E-state index contributed by atoms with van der Waals surface area (Å²) in [6.45, 7) is 3.40. The molecular formula is C22H33NO4. The molecule has 0 saturated heterocycles. The third kappa shape index (κ3) is 6.89. The summed E-state index contributed by atoms with van der Waals surface area (Å²) in [4.78, 5) is 23.8. The standard InChI is InChI=1S/C22H33NO4/c1-2-3-4-9-16-27-20-13-8-5-10-17(20)14-15-23-21(24)18-11-6-7-12-19(18)22(25)26/h5,8,10,13,18-19H,2-4,6-7,9,11-12,14-16H2,1H3,(H,23,24)(H,25,26). The molecule has 0 aliphatic heterocycles. The lowest BCUT2D eigenvalue weighted by molar-refractivity contribution is -0.148. The SMILES string of the molecule is CCCCCCOc1ccccc1CCNC(=O)C1CCCCC1C(=O)O. The minimum Gasteiger partial charge on any atom is -0.493 e. The van der Waals surface area contributed by atoms with E-state index in [1.165, 1.54) is 19.3 Å². The first kappa shape index (κ1) is 21.3. The van der Waals surface area contributed by atoms with E-state index in [4.69, 9.17) is 4.74 Å². The molecule has 2 unspecified atom stereocenters. The maximum absolute atomic E-state index is 12.5. The molecule has 1 aliphatic rings. The summed E-state index contributed by atoms with van der Waals surface area (Å²) in [7, 11) is 0. The van der Waals surface area contributed by atoms with Crippen molar-refractivity contribution in [2.75, 3.05) is 13.2 Å². The molecule has 2 rings (SSSR count). The number of hydrogen-bond donors (Lipinski definition) is 2. The van der Waals surface area contributed by atoms with Crippen molar-refractivity contribution in [3.8, 4) is 5.75 Å². The summed E-state index contributed by atoms with van der Waals surface area (Å²) >= 11 is 0. The highest BCUT2D eigenvalue weighted by Crippen LogP contribution is 2.30. The number of ether oxygens (including phenoxy) is 1. The molecule has 1 amide bonds. The zero-order chi connectivity index (χ0) is 19.5. The molecule has 0 bridgehead atoms. The van der Waals surface area contributed by atoms with Gasteiger partial charge in [0.2, 0.25) is 5.91 Å². The zero-order valence-corrected chi connectivity index (χ0v) is 16.4. The molecule has 0 aromatic heterocycles. The average molecular weight is 376 g/mol. The highest BCUT2D eigenvalue weighted by atomic mass is 16.5. The van der Waals surface area contributed by atoms with E-state index in [1.54, 1.807) is 0 Å². The average Bonchev–Trinajstić information content (AvgIpc) is 2.68. The first-order valence-corrected chi connectivity index (χ1v) is 10.3. The Morgan fingerprint density at radius 1 is 1.11 bits per heavy atom. The molecule has 1 saturated carbocycles. The fourth-order valence-electron chi connectivity index (χ4n) is 3.75. The van der Waals surface area contributed by atoms with Gasteiger partial charge in [-0.15, -0.1) is 0 Å². The van der Waals surface area contributed by atoms with Crippen molar-refractivity contribution in [1.82, 2.24) is 5.32 Å². The van der Waals surface area contributed by atoms with Crippen LogP contribution >= 0.6 is 0 Å². The van der Waals surface area contributed by atoms with Gasteiger partial charge in [0.25, 0.3) is 0 Å². The number of rotatable bonds is 11. The molecule has 0 heterocycles. The lowest BCUT2D eigenvalue weighted by Gasteiger charge is -2.27. The van der Waals surface area contributed by atoms with Crippen LogP contribution < -0.4 is 10.1 Å². The third-order valence-electron chi connectivity index (χ3n) is 5.34. The third-order valence-corrected chi connectivity index (χ3v) is 5.34. The van der Waals surface area contributed by atoms with E-state index >= 15 is 0 Å². The number of carboxylic acid groups (broad SMARTS) is 1. The van der Waals surface area contributed by atoms with Crippen LogP contribution in [0.3, 0.4) is 0 Å². The van der Waals surface area contributed by atoms with E-state index in [-0.39, 0.29) is 5.91 Å². The fraction of sp³-hybridized carbons (Fsp3) is 0.636. The van der Waals surface area contributed by atoms with Crippen LogP contribution in [0.15, 0.2) is 24.3 Å². The number of carboxylic acids is 1. The Kier molecular flexibility index (Phi) is 9.16. The Balaban J connectivity index is 1.80. The molecule has 27 heavy (non-hydrogen) atoms. The van der Waals surface area contributed by atoms with E-state index in [0.29, 0.717) is 32.4 Å². The van der Waals surface area contributed by atoms with E-state index in [9.17, 15) is 14.7 Å². The second-order valence-corrected chi connectivity index (χ2v) is 7.39. The Morgan fingerprint density at radius 2 is 1.85 bits per heavy atom. The molecule has 1 aliphatic carbocycles. The van der Waals surface area contributed by atoms with Gasteiger partial charge in [-0.1, -0.05) is 57.2 Å². The zero-order valence-electron chi connectivity index (χ0n) is 16.4. The van der Waals surface area contributed by atoms with Crippen LogP contribution in [0.4, 0.5) is 0 Å². The lowest BCUT2D eigenvalue weighted by atomic mass is 9.78.